The summed E-state index contributed by atoms with van der Waals surface area (Å²) in [6.07, 6.45) is 1.80. The van der Waals surface area contributed by atoms with E-state index < -0.39 is 0 Å². The molecule has 1 aliphatic heterocycles. The number of benzene rings is 3. The van der Waals surface area contributed by atoms with Crippen molar-refractivity contribution in [3.8, 4) is 11.4 Å². The largest absolute Gasteiger partial charge is 0.497 e. The molecule has 0 aliphatic carbocycles. The summed E-state index contributed by atoms with van der Waals surface area (Å²) in [5, 5.41) is 3.03. The predicted molar refractivity (Wildman–Crippen MR) is 131 cm³/mol. The molecule has 6 nitrogen and oxygen atoms in total. The van der Waals surface area contributed by atoms with Crippen LogP contribution in [0.3, 0.4) is 0 Å². The first-order valence-electron chi connectivity index (χ1n) is 11.5. The number of fused-ring (bicyclic) bond motifs is 1. The fraction of sp³-hybridized carbons (Fsp3) is 0.259. The summed E-state index contributed by atoms with van der Waals surface area (Å²) >= 11 is 0. The van der Waals surface area contributed by atoms with Crippen LogP contribution in [0.4, 0.5) is 10.1 Å². The van der Waals surface area contributed by atoms with Gasteiger partial charge in [0.05, 0.1) is 30.6 Å². The highest BCUT2D eigenvalue weighted by atomic mass is 19.1. The zero-order valence-electron chi connectivity index (χ0n) is 19.1. The van der Waals surface area contributed by atoms with Gasteiger partial charge in [-0.25, -0.2) is 9.37 Å². The number of nitrogens with one attached hydrogen (secondary N) is 1. The van der Waals surface area contributed by atoms with Gasteiger partial charge in [-0.3, -0.25) is 14.3 Å². The number of anilines is 1. The molecule has 1 aromatic heterocycles. The van der Waals surface area contributed by atoms with Crippen LogP contribution in [0.1, 0.15) is 18.7 Å². The number of aromatic nitrogens is 2. The molecule has 0 radical (unpaired) electrons. The van der Waals surface area contributed by atoms with Gasteiger partial charge in [0.25, 0.3) is 0 Å². The van der Waals surface area contributed by atoms with Crippen molar-refractivity contribution in [3.63, 3.8) is 0 Å². The molecule has 1 atom stereocenters. The maximum absolute atomic E-state index is 13.6. The van der Waals surface area contributed by atoms with Crippen LogP contribution in [0.2, 0.25) is 0 Å². The highest BCUT2D eigenvalue weighted by Crippen LogP contribution is 2.26. The number of para-hydroxylation sites is 2. The Balaban J connectivity index is 1.34. The topological polar surface area (TPSA) is 59.4 Å². The molecule has 1 saturated heterocycles. The van der Waals surface area contributed by atoms with Gasteiger partial charge in [0.1, 0.15) is 17.4 Å². The van der Waals surface area contributed by atoms with Gasteiger partial charge in [-0.1, -0.05) is 12.1 Å². The van der Waals surface area contributed by atoms with Gasteiger partial charge in [0.2, 0.25) is 5.91 Å². The minimum atomic E-state index is -0.267. The van der Waals surface area contributed by atoms with Gasteiger partial charge in [-0.15, -0.1) is 0 Å². The number of ether oxygens (including phenoxy) is 1. The van der Waals surface area contributed by atoms with Crippen molar-refractivity contribution in [2.75, 3.05) is 25.5 Å². The molecule has 1 N–H and O–H groups in total. The van der Waals surface area contributed by atoms with E-state index in [-0.39, 0.29) is 17.6 Å². The first-order valence-corrected chi connectivity index (χ1v) is 11.5. The quantitative estimate of drug-likeness (QED) is 0.441. The Bertz CT molecular complexity index is 1280. The SMILES string of the molecule is COc1ccc(NC(=O)[C@@H]2CCCN(Cc3nc4ccccc4n3-c3ccc(F)cc3)C2)cc1. The van der Waals surface area contributed by atoms with E-state index in [1.807, 2.05) is 48.5 Å². The number of likely N-dealkylation sites (tertiary alicyclic amines) is 1. The molecule has 0 spiro atoms. The zero-order chi connectivity index (χ0) is 23.5. The van der Waals surface area contributed by atoms with Crippen molar-refractivity contribution >= 4 is 22.6 Å². The summed E-state index contributed by atoms with van der Waals surface area (Å²) < 4.78 is 20.8. The molecule has 7 heteroatoms. The Hall–Kier alpha value is -3.71. The van der Waals surface area contributed by atoms with E-state index in [0.717, 1.165) is 53.4 Å². The van der Waals surface area contributed by atoms with Crippen LogP contribution in [0, 0.1) is 11.7 Å². The third kappa shape index (κ3) is 4.65. The van der Waals surface area contributed by atoms with Crippen molar-refractivity contribution in [1.29, 1.82) is 0 Å². The van der Waals surface area contributed by atoms with E-state index >= 15 is 0 Å². The third-order valence-corrected chi connectivity index (χ3v) is 6.31. The summed E-state index contributed by atoms with van der Waals surface area (Å²) in [6, 6.07) is 21.8. The smallest absolute Gasteiger partial charge is 0.228 e. The van der Waals surface area contributed by atoms with E-state index in [9.17, 15) is 9.18 Å². The van der Waals surface area contributed by atoms with Gasteiger partial charge in [-0.2, -0.15) is 0 Å². The lowest BCUT2D eigenvalue weighted by atomic mass is 9.97. The summed E-state index contributed by atoms with van der Waals surface area (Å²) in [7, 11) is 1.62. The van der Waals surface area contributed by atoms with E-state index in [2.05, 4.69) is 14.8 Å². The molecule has 34 heavy (non-hydrogen) atoms. The standard InChI is InChI=1S/C27H27FN4O2/c1-34-23-14-10-21(11-15-23)29-27(33)19-5-4-16-31(17-19)18-26-30-24-6-2-3-7-25(24)32(26)22-12-8-20(28)9-13-22/h2-3,6-15,19H,4-5,16-18H2,1H3,(H,29,33)/t19-/m1/s1. The fourth-order valence-corrected chi connectivity index (χ4v) is 4.59. The highest BCUT2D eigenvalue weighted by molar-refractivity contribution is 5.92. The van der Waals surface area contributed by atoms with Crippen molar-refractivity contribution in [3.05, 3.63) is 84.4 Å². The lowest BCUT2D eigenvalue weighted by Crippen LogP contribution is -2.40. The van der Waals surface area contributed by atoms with Gasteiger partial charge < -0.3 is 10.1 Å². The van der Waals surface area contributed by atoms with Crippen molar-refractivity contribution < 1.29 is 13.9 Å². The Morgan fingerprint density at radius 1 is 1.09 bits per heavy atom. The number of halogens is 1. The van der Waals surface area contributed by atoms with Gasteiger partial charge in [0, 0.05) is 17.9 Å². The number of amides is 1. The lowest BCUT2D eigenvalue weighted by molar-refractivity contribution is -0.121. The summed E-state index contributed by atoms with van der Waals surface area (Å²) in [6.45, 7) is 2.17. The molecule has 0 unspecified atom stereocenters. The fourth-order valence-electron chi connectivity index (χ4n) is 4.59. The Kier molecular flexibility index (Phi) is 6.27. The minimum Gasteiger partial charge on any atom is -0.497 e. The molecule has 1 aliphatic rings. The zero-order valence-corrected chi connectivity index (χ0v) is 19.1. The number of piperidine rings is 1. The van der Waals surface area contributed by atoms with E-state index in [1.165, 1.54) is 12.1 Å². The average Bonchev–Trinajstić information content (AvgIpc) is 3.23. The van der Waals surface area contributed by atoms with Gasteiger partial charge in [-0.05, 0) is 80.1 Å². The maximum Gasteiger partial charge on any atom is 0.228 e. The molecule has 0 bridgehead atoms. The maximum atomic E-state index is 13.6. The molecule has 3 aromatic carbocycles. The van der Waals surface area contributed by atoms with Gasteiger partial charge in [0.15, 0.2) is 0 Å². The number of nitrogens with zero attached hydrogens (tertiary/aromatic N) is 3. The molecular weight excluding hydrogens is 431 g/mol. The minimum absolute atomic E-state index is 0.0295. The molecule has 5 rings (SSSR count). The first-order chi connectivity index (χ1) is 16.6. The van der Waals surface area contributed by atoms with Crippen LogP contribution >= 0.6 is 0 Å². The number of rotatable bonds is 6. The second kappa shape index (κ2) is 9.65. The first kappa shape index (κ1) is 22.1. The second-order valence-electron chi connectivity index (χ2n) is 8.62. The summed E-state index contributed by atoms with van der Waals surface area (Å²) in [4.78, 5) is 20.1. The number of carbonyl (C=O) groups is 1. The molecule has 1 amide bonds. The van der Waals surface area contributed by atoms with Crippen LogP contribution in [0.5, 0.6) is 5.75 Å². The van der Waals surface area contributed by atoms with E-state index in [1.54, 1.807) is 19.2 Å². The predicted octanol–water partition coefficient (Wildman–Crippen LogP) is 5.02. The molecule has 4 aromatic rings. The normalized spacial score (nSPS) is 16.5. The van der Waals surface area contributed by atoms with Crippen molar-refractivity contribution in [2.45, 2.75) is 19.4 Å². The van der Waals surface area contributed by atoms with Gasteiger partial charge >= 0.3 is 0 Å². The Labute approximate surface area is 198 Å². The number of imidazole rings is 1. The van der Waals surface area contributed by atoms with E-state index in [0.29, 0.717) is 13.1 Å². The Morgan fingerprint density at radius 3 is 2.62 bits per heavy atom. The number of carbonyl (C=O) groups excluding carboxylic acids is 1. The number of hydrogen-bond donors (Lipinski definition) is 1. The highest BCUT2D eigenvalue weighted by Gasteiger charge is 2.27. The average molecular weight is 459 g/mol. The van der Waals surface area contributed by atoms with Crippen molar-refractivity contribution in [1.82, 2.24) is 14.5 Å². The van der Waals surface area contributed by atoms with E-state index in [4.69, 9.17) is 9.72 Å². The van der Waals surface area contributed by atoms with Crippen molar-refractivity contribution in [2.24, 2.45) is 5.92 Å². The second-order valence-corrected chi connectivity index (χ2v) is 8.62. The third-order valence-electron chi connectivity index (χ3n) is 6.31. The summed E-state index contributed by atoms with van der Waals surface area (Å²) in [5.74, 6) is 1.30. The molecule has 0 saturated carbocycles. The molecule has 1 fully saturated rings. The molecular formula is C27H27FN4O2. The number of hydrogen-bond acceptors (Lipinski definition) is 4. The molecule has 174 valence electrons. The lowest BCUT2D eigenvalue weighted by Gasteiger charge is -2.31. The van der Waals surface area contributed by atoms with Crippen LogP contribution in [-0.4, -0.2) is 40.6 Å². The number of methoxy groups -OCH3 is 1. The molecule has 2 heterocycles. The van der Waals surface area contributed by atoms with Crippen LogP contribution < -0.4 is 10.1 Å². The monoisotopic (exact) mass is 458 g/mol. The van der Waals surface area contributed by atoms with Crippen LogP contribution in [-0.2, 0) is 11.3 Å². The summed E-state index contributed by atoms with van der Waals surface area (Å²) in [5.41, 5.74) is 3.51. The van der Waals surface area contributed by atoms with Crippen LogP contribution in [0.15, 0.2) is 72.8 Å². The Morgan fingerprint density at radius 2 is 1.85 bits per heavy atom. The van der Waals surface area contributed by atoms with Crippen LogP contribution in [0.25, 0.3) is 16.7 Å².